The molecule has 0 N–H and O–H groups in total. The van der Waals surface area contributed by atoms with Crippen LogP contribution in [-0.2, 0) is 4.74 Å². The molecular weight excluding hydrogens is 200 g/mol. The van der Waals surface area contributed by atoms with Crippen molar-refractivity contribution in [3.05, 3.63) is 0 Å². The van der Waals surface area contributed by atoms with Crippen molar-refractivity contribution >= 4 is 0 Å². The Labute approximate surface area is 97.7 Å². The average molecular weight is 222 g/mol. The quantitative estimate of drug-likeness (QED) is 0.687. The fraction of sp³-hybridized carbons (Fsp3) is 1.00. The first-order chi connectivity index (χ1) is 7.90. The van der Waals surface area contributed by atoms with Crippen LogP contribution in [0.1, 0.15) is 19.3 Å². The topological polar surface area (TPSA) is 15.7 Å². The van der Waals surface area contributed by atoms with Gasteiger partial charge in [0.2, 0.25) is 0 Å². The lowest BCUT2D eigenvalue weighted by molar-refractivity contribution is -0.0798. The van der Waals surface area contributed by atoms with E-state index in [1.165, 1.54) is 39.0 Å². The van der Waals surface area contributed by atoms with Gasteiger partial charge in [0.05, 0.1) is 19.3 Å². The molecule has 90 valence electrons. The maximum Gasteiger partial charge on any atom is 0.0645 e. The molecule has 0 aromatic rings. The minimum Gasteiger partial charge on any atom is -0.378 e. The third kappa shape index (κ3) is 1.60. The first-order valence-corrected chi connectivity index (χ1v) is 6.96. The summed E-state index contributed by atoms with van der Waals surface area (Å²) in [4.78, 5) is 5.40. The number of fused-ring (bicyclic) bond motifs is 1. The molecule has 2 unspecified atom stereocenters. The van der Waals surface area contributed by atoms with E-state index in [9.17, 15) is 0 Å². The second-order valence-electron chi connectivity index (χ2n) is 6.14. The Balaban J connectivity index is 1.29. The van der Waals surface area contributed by atoms with Gasteiger partial charge in [-0.25, -0.2) is 0 Å². The van der Waals surface area contributed by atoms with E-state index in [0.29, 0.717) is 0 Å². The van der Waals surface area contributed by atoms with E-state index in [4.69, 9.17) is 4.74 Å². The Bertz CT molecular complexity index is 261. The Morgan fingerprint density at radius 3 is 1.75 bits per heavy atom. The van der Waals surface area contributed by atoms with Gasteiger partial charge >= 0.3 is 0 Å². The predicted octanol–water partition coefficient (Wildman–Crippen LogP) is 0.801. The van der Waals surface area contributed by atoms with Crippen LogP contribution in [0.3, 0.4) is 0 Å². The molecule has 0 amide bonds. The molecule has 4 rings (SSSR count). The van der Waals surface area contributed by atoms with Crippen LogP contribution in [0, 0.1) is 11.8 Å². The highest BCUT2D eigenvalue weighted by Gasteiger charge is 2.47. The molecule has 0 spiro atoms. The zero-order chi connectivity index (χ0) is 10.5. The molecule has 0 radical (unpaired) electrons. The SMILES string of the molecule is C1C2CC(N3CCN(C4COC4)CC3)CC12. The third-order valence-electron chi connectivity index (χ3n) is 5.22. The van der Waals surface area contributed by atoms with Gasteiger partial charge in [0.25, 0.3) is 0 Å². The summed E-state index contributed by atoms with van der Waals surface area (Å²) in [5.74, 6) is 2.26. The zero-order valence-electron chi connectivity index (χ0n) is 9.98. The van der Waals surface area contributed by atoms with Gasteiger partial charge in [-0.15, -0.1) is 0 Å². The average Bonchev–Trinajstić information content (AvgIpc) is 2.85. The van der Waals surface area contributed by atoms with Crippen LogP contribution < -0.4 is 0 Å². The highest BCUT2D eigenvalue weighted by molar-refractivity contribution is 5.00. The molecule has 0 aromatic carbocycles. The van der Waals surface area contributed by atoms with Crippen molar-refractivity contribution in [1.82, 2.24) is 9.80 Å². The molecule has 4 aliphatic rings. The normalized spacial score (nSPS) is 45.4. The Kier molecular flexibility index (Phi) is 2.27. The summed E-state index contributed by atoms with van der Waals surface area (Å²) >= 11 is 0. The number of hydrogen-bond donors (Lipinski definition) is 0. The molecular formula is C13H22N2O. The fourth-order valence-electron chi connectivity index (χ4n) is 3.88. The van der Waals surface area contributed by atoms with Crippen LogP contribution in [0.5, 0.6) is 0 Å². The largest absolute Gasteiger partial charge is 0.378 e. The van der Waals surface area contributed by atoms with E-state index < -0.39 is 0 Å². The molecule has 3 nitrogen and oxygen atoms in total. The van der Waals surface area contributed by atoms with Crippen LogP contribution in [-0.4, -0.2) is 61.3 Å². The van der Waals surface area contributed by atoms with Crippen LogP contribution in [0.25, 0.3) is 0 Å². The third-order valence-corrected chi connectivity index (χ3v) is 5.22. The van der Waals surface area contributed by atoms with Gasteiger partial charge in [-0.3, -0.25) is 9.80 Å². The Morgan fingerprint density at radius 2 is 1.25 bits per heavy atom. The van der Waals surface area contributed by atoms with Gasteiger partial charge < -0.3 is 4.74 Å². The second kappa shape index (κ2) is 3.69. The van der Waals surface area contributed by atoms with Crippen molar-refractivity contribution in [3.8, 4) is 0 Å². The smallest absolute Gasteiger partial charge is 0.0645 e. The molecule has 4 fully saturated rings. The monoisotopic (exact) mass is 222 g/mol. The summed E-state index contributed by atoms with van der Waals surface area (Å²) in [6, 6.07) is 1.70. The molecule has 0 aromatic heterocycles. The number of rotatable bonds is 2. The molecule has 3 heteroatoms. The molecule has 2 heterocycles. The van der Waals surface area contributed by atoms with Gasteiger partial charge in [0.1, 0.15) is 0 Å². The summed E-state index contributed by atoms with van der Waals surface area (Å²) in [6.07, 6.45) is 4.57. The molecule has 2 atom stereocenters. The molecule has 2 aliphatic carbocycles. The summed E-state index contributed by atoms with van der Waals surface area (Å²) in [6.45, 7) is 7.13. The van der Waals surface area contributed by atoms with Crippen molar-refractivity contribution in [3.63, 3.8) is 0 Å². The maximum atomic E-state index is 5.28. The lowest BCUT2D eigenvalue weighted by atomic mass is 10.1. The van der Waals surface area contributed by atoms with Crippen molar-refractivity contribution in [2.45, 2.75) is 31.3 Å². The summed E-state index contributed by atoms with van der Waals surface area (Å²) in [5.41, 5.74) is 0. The number of hydrogen-bond acceptors (Lipinski definition) is 3. The number of piperazine rings is 1. The van der Waals surface area contributed by atoms with E-state index >= 15 is 0 Å². The second-order valence-corrected chi connectivity index (χ2v) is 6.14. The van der Waals surface area contributed by atoms with Crippen molar-refractivity contribution < 1.29 is 4.74 Å². The van der Waals surface area contributed by atoms with Gasteiger partial charge in [0.15, 0.2) is 0 Å². The highest BCUT2D eigenvalue weighted by atomic mass is 16.5. The van der Waals surface area contributed by atoms with E-state index in [-0.39, 0.29) is 0 Å². The summed E-state index contributed by atoms with van der Waals surface area (Å²) < 4.78 is 5.28. The standard InChI is InChI=1S/C13H22N2O/c1-3-15(13-8-16-9-13)4-2-14(1)12-6-10-5-11(10)7-12/h10-13H,1-9H2. The van der Waals surface area contributed by atoms with Gasteiger partial charge in [-0.2, -0.15) is 0 Å². The zero-order valence-corrected chi connectivity index (χ0v) is 9.98. The molecule has 16 heavy (non-hydrogen) atoms. The predicted molar refractivity (Wildman–Crippen MR) is 62.4 cm³/mol. The molecule has 2 saturated carbocycles. The number of nitrogens with zero attached hydrogens (tertiary/aromatic N) is 2. The minimum absolute atomic E-state index is 0.749. The fourth-order valence-corrected chi connectivity index (χ4v) is 3.88. The number of ether oxygens (including phenoxy) is 1. The molecule has 0 bridgehead atoms. The van der Waals surface area contributed by atoms with E-state index in [1.54, 1.807) is 6.42 Å². The van der Waals surface area contributed by atoms with Crippen LogP contribution >= 0.6 is 0 Å². The highest BCUT2D eigenvalue weighted by Crippen LogP contribution is 2.53. The van der Waals surface area contributed by atoms with Gasteiger partial charge in [-0.05, 0) is 31.1 Å². The molecule has 2 saturated heterocycles. The Morgan fingerprint density at radius 1 is 0.688 bits per heavy atom. The van der Waals surface area contributed by atoms with E-state index in [1.807, 2.05) is 0 Å². The van der Waals surface area contributed by atoms with E-state index in [2.05, 4.69) is 9.80 Å². The lowest BCUT2D eigenvalue weighted by Gasteiger charge is -2.44. The molecule has 2 aliphatic heterocycles. The minimum atomic E-state index is 0.749. The van der Waals surface area contributed by atoms with Gasteiger partial charge in [-0.1, -0.05) is 0 Å². The Hall–Kier alpha value is -0.120. The first-order valence-electron chi connectivity index (χ1n) is 6.96. The van der Waals surface area contributed by atoms with Crippen molar-refractivity contribution in [2.24, 2.45) is 11.8 Å². The van der Waals surface area contributed by atoms with E-state index in [0.717, 1.165) is 37.1 Å². The van der Waals surface area contributed by atoms with Crippen molar-refractivity contribution in [2.75, 3.05) is 39.4 Å². The maximum absolute atomic E-state index is 5.28. The summed E-state index contributed by atoms with van der Waals surface area (Å²) in [7, 11) is 0. The lowest BCUT2D eigenvalue weighted by Crippen LogP contribution is -2.57. The van der Waals surface area contributed by atoms with Gasteiger partial charge in [0, 0.05) is 32.2 Å². The van der Waals surface area contributed by atoms with Crippen LogP contribution in [0.4, 0.5) is 0 Å². The van der Waals surface area contributed by atoms with Crippen molar-refractivity contribution in [1.29, 1.82) is 0 Å². The first kappa shape index (κ1) is 9.86. The van der Waals surface area contributed by atoms with Crippen LogP contribution in [0.15, 0.2) is 0 Å². The summed E-state index contributed by atoms with van der Waals surface area (Å²) in [5, 5.41) is 0. The van der Waals surface area contributed by atoms with Crippen LogP contribution in [0.2, 0.25) is 0 Å².